The molecule has 1 fully saturated rings. The number of carbonyl (C=O) groups is 1. The van der Waals surface area contributed by atoms with Crippen LogP contribution in [0.15, 0.2) is 65.6 Å². The highest BCUT2D eigenvalue weighted by Crippen LogP contribution is 2.44. The largest absolute Gasteiger partial charge is 0.486 e. The van der Waals surface area contributed by atoms with Gasteiger partial charge in [-0.3, -0.25) is 9.10 Å². The molecule has 10 heteroatoms. The Bertz CT molecular complexity index is 1440. The molecule has 2 aliphatic heterocycles. The smallest absolute Gasteiger partial charge is 0.303 e. The van der Waals surface area contributed by atoms with E-state index in [1.807, 2.05) is 43.3 Å². The second-order valence-corrected chi connectivity index (χ2v) is 12.1. The summed E-state index contributed by atoms with van der Waals surface area (Å²) in [7, 11) is -3.91. The minimum Gasteiger partial charge on any atom is -0.486 e. The van der Waals surface area contributed by atoms with Gasteiger partial charge in [-0.2, -0.15) is 0 Å². The van der Waals surface area contributed by atoms with Crippen LogP contribution in [0.5, 0.6) is 5.75 Å². The fourth-order valence-electron chi connectivity index (χ4n) is 4.84. The molecule has 0 amide bonds. The number of aliphatic carboxylic acids is 1. The zero-order valence-corrected chi connectivity index (χ0v) is 22.4. The van der Waals surface area contributed by atoms with Gasteiger partial charge in [-0.05, 0) is 66.9 Å². The quantitative estimate of drug-likeness (QED) is 0.397. The predicted octanol–water partition coefficient (Wildman–Crippen LogP) is 5.73. The molecule has 1 unspecified atom stereocenters. The van der Waals surface area contributed by atoms with E-state index in [4.69, 9.17) is 33.0 Å². The first kappa shape index (κ1) is 25.7. The molecule has 0 aliphatic carbocycles. The molecular formula is C27H26Cl2N2O5S. The van der Waals surface area contributed by atoms with Crippen molar-refractivity contribution in [2.24, 2.45) is 0 Å². The Morgan fingerprint density at radius 1 is 1.03 bits per heavy atom. The molecule has 1 saturated heterocycles. The Kier molecular flexibility index (Phi) is 7.00. The van der Waals surface area contributed by atoms with Crippen molar-refractivity contribution in [3.05, 3.63) is 81.8 Å². The standard InChI is InChI=1S/C27H26Cl2N2O5S/c1-17-4-2-5-21(12-17)37(34,35)31-16-20(9-11-26(32)33)36-25-10-8-19(13-24(25)31)30-14-18(15-30)27-22(28)6-3-7-23(27)29/h2-8,10,12-13,18,20H,9,11,14-16H2,1H3,(H,32,33). The lowest BCUT2D eigenvalue weighted by molar-refractivity contribution is -0.137. The van der Waals surface area contributed by atoms with Crippen LogP contribution in [0.4, 0.5) is 11.4 Å². The summed E-state index contributed by atoms with van der Waals surface area (Å²) in [4.78, 5) is 13.5. The first-order valence-electron chi connectivity index (χ1n) is 11.9. The van der Waals surface area contributed by atoms with E-state index in [0.29, 0.717) is 34.6 Å². The maximum absolute atomic E-state index is 13.8. The van der Waals surface area contributed by atoms with Gasteiger partial charge < -0.3 is 14.7 Å². The monoisotopic (exact) mass is 560 g/mol. The maximum Gasteiger partial charge on any atom is 0.303 e. The lowest BCUT2D eigenvalue weighted by Crippen LogP contribution is -2.46. The lowest BCUT2D eigenvalue weighted by Gasteiger charge is -2.43. The number of nitrogens with zero attached hydrogens (tertiary/aromatic N) is 2. The third kappa shape index (κ3) is 5.10. The summed E-state index contributed by atoms with van der Waals surface area (Å²) >= 11 is 12.8. The van der Waals surface area contributed by atoms with Crippen LogP contribution in [0.2, 0.25) is 10.0 Å². The first-order chi connectivity index (χ1) is 17.6. The zero-order chi connectivity index (χ0) is 26.3. The number of carboxylic acids is 1. The van der Waals surface area contributed by atoms with Crippen molar-refractivity contribution in [3.63, 3.8) is 0 Å². The molecule has 2 aliphatic rings. The number of benzene rings is 3. The molecule has 7 nitrogen and oxygen atoms in total. The van der Waals surface area contributed by atoms with Crippen LogP contribution in [0.3, 0.4) is 0 Å². The van der Waals surface area contributed by atoms with Crippen molar-refractivity contribution < 1.29 is 23.1 Å². The molecule has 1 atom stereocenters. The number of anilines is 2. The highest BCUT2D eigenvalue weighted by atomic mass is 35.5. The van der Waals surface area contributed by atoms with Gasteiger partial charge >= 0.3 is 5.97 Å². The van der Waals surface area contributed by atoms with Gasteiger partial charge in [-0.15, -0.1) is 0 Å². The molecule has 0 radical (unpaired) electrons. The fraction of sp³-hybridized carbons (Fsp3) is 0.296. The summed E-state index contributed by atoms with van der Waals surface area (Å²) in [5, 5.41) is 10.4. The fourth-order valence-corrected chi connectivity index (χ4v) is 7.15. The lowest BCUT2D eigenvalue weighted by atomic mass is 9.90. The third-order valence-electron chi connectivity index (χ3n) is 6.79. The number of ether oxygens (including phenoxy) is 1. The average molecular weight is 561 g/mol. The van der Waals surface area contributed by atoms with Crippen molar-refractivity contribution in [1.29, 1.82) is 0 Å². The number of fused-ring (bicyclic) bond motifs is 1. The SMILES string of the molecule is Cc1cccc(S(=O)(=O)N2CC(CCC(=O)O)Oc3ccc(N4CC(c5c(Cl)cccc5Cl)C4)cc32)c1. The van der Waals surface area contributed by atoms with Gasteiger partial charge in [0.15, 0.2) is 0 Å². The molecule has 37 heavy (non-hydrogen) atoms. The molecule has 1 N–H and O–H groups in total. The van der Waals surface area contributed by atoms with Crippen molar-refractivity contribution >= 4 is 50.6 Å². The van der Waals surface area contributed by atoms with E-state index in [2.05, 4.69) is 4.90 Å². The van der Waals surface area contributed by atoms with Gasteiger partial charge in [-0.25, -0.2) is 8.42 Å². The van der Waals surface area contributed by atoms with E-state index in [1.54, 1.807) is 24.3 Å². The van der Waals surface area contributed by atoms with Crippen molar-refractivity contribution in [2.75, 3.05) is 28.8 Å². The summed E-state index contributed by atoms with van der Waals surface area (Å²) in [6.45, 7) is 3.24. The summed E-state index contributed by atoms with van der Waals surface area (Å²) in [6.07, 6.45) is -0.497. The van der Waals surface area contributed by atoms with Gasteiger partial charge in [0.25, 0.3) is 10.0 Å². The van der Waals surface area contributed by atoms with Gasteiger partial charge in [-0.1, -0.05) is 41.4 Å². The van der Waals surface area contributed by atoms with Crippen molar-refractivity contribution in [3.8, 4) is 5.75 Å². The highest BCUT2D eigenvalue weighted by molar-refractivity contribution is 7.92. The highest BCUT2D eigenvalue weighted by Gasteiger charge is 2.37. The van der Waals surface area contributed by atoms with E-state index in [1.165, 1.54) is 4.31 Å². The Morgan fingerprint density at radius 3 is 2.41 bits per heavy atom. The number of hydrogen-bond donors (Lipinski definition) is 1. The Hall–Kier alpha value is -2.94. The second-order valence-electron chi connectivity index (χ2n) is 9.41. The maximum atomic E-state index is 13.8. The van der Waals surface area contributed by atoms with E-state index in [0.717, 1.165) is 16.8 Å². The van der Waals surface area contributed by atoms with E-state index in [9.17, 15) is 13.2 Å². The zero-order valence-electron chi connectivity index (χ0n) is 20.1. The molecule has 194 valence electrons. The molecule has 3 aromatic carbocycles. The Morgan fingerprint density at radius 2 is 1.73 bits per heavy atom. The van der Waals surface area contributed by atoms with Crippen molar-refractivity contribution in [2.45, 2.75) is 36.7 Å². The topological polar surface area (TPSA) is 87.2 Å². The van der Waals surface area contributed by atoms with Crippen LogP contribution in [0, 0.1) is 6.92 Å². The van der Waals surface area contributed by atoms with E-state index in [-0.39, 0.29) is 30.2 Å². The number of hydrogen-bond acceptors (Lipinski definition) is 5. The van der Waals surface area contributed by atoms with Crippen molar-refractivity contribution in [1.82, 2.24) is 0 Å². The van der Waals surface area contributed by atoms with E-state index >= 15 is 0 Å². The van der Waals surface area contributed by atoms with Crippen LogP contribution in [0.25, 0.3) is 0 Å². The number of rotatable bonds is 7. The van der Waals surface area contributed by atoms with Gasteiger partial charge in [0.05, 0.1) is 17.1 Å². The minimum absolute atomic E-state index is 0.0257. The average Bonchev–Trinajstić information content (AvgIpc) is 2.83. The number of sulfonamides is 1. The molecular weight excluding hydrogens is 535 g/mol. The van der Waals surface area contributed by atoms with E-state index < -0.39 is 22.1 Å². The van der Waals surface area contributed by atoms with Gasteiger partial charge in [0.1, 0.15) is 11.9 Å². The van der Waals surface area contributed by atoms with Crippen LogP contribution in [-0.2, 0) is 14.8 Å². The summed E-state index contributed by atoms with van der Waals surface area (Å²) in [6, 6.07) is 17.7. The van der Waals surface area contributed by atoms with Crippen LogP contribution in [-0.4, -0.2) is 45.2 Å². The van der Waals surface area contributed by atoms with Gasteiger partial charge in [0.2, 0.25) is 0 Å². The summed E-state index contributed by atoms with van der Waals surface area (Å²) < 4.78 is 34.9. The third-order valence-corrected chi connectivity index (χ3v) is 9.22. The van der Waals surface area contributed by atoms with Crippen LogP contribution >= 0.6 is 23.2 Å². The summed E-state index contributed by atoms with van der Waals surface area (Å²) in [5.41, 5.74) is 3.05. The second kappa shape index (κ2) is 10.1. The first-order valence-corrected chi connectivity index (χ1v) is 14.1. The molecule has 5 rings (SSSR count). The predicted molar refractivity (Wildman–Crippen MR) is 145 cm³/mol. The molecule has 0 saturated carbocycles. The molecule has 2 heterocycles. The molecule has 0 bridgehead atoms. The van der Waals surface area contributed by atoms with Gasteiger partial charge in [0, 0.05) is 41.2 Å². The minimum atomic E-state index is -3.91. The number of halogens is 2. The summed E-state index contributed by atoms with van der Waals surface area (Å²) in [5.74, 6) is -0.377. The molecule has 3 aromatic rings. The molecule has 0 spiro atoms. The Labute approximate surface area is 226 Å². The van der Waals surface area contributed by atoms with Crippen LogP contribution < -0.4 is 13.9 Å². The number of aryl methyl sites for hydroxylation is 1. The number of carboxylic acid groups (broad SMARTS) is 1. The Balaban J connectivity index is 1.46. The molecule has 0 aromatic heterocycles. The van der Waals surface area contributed by atoms with Crippen LogP contribution in [0.1, 0.15) is 29.9 Å². The normalized spacial score (nSPS) is 17.6.